The van der Waals surface area contributed by atoms with Crippen molar-refractivity contribution in [2.24, 2.45) is 0 Å². The van der Waals surface area contributed by atoms with E-state index in [1.54, 1.807) is 18.2 Å². The second kappa shape index (κ2) is 6.74. The van der Waals surface area contributed by atoms with Gasteiger partial charge in [0.25, 0.3) is 5.91 Å². The second-order valence-electron chi connectivity index (χ2n) is 4.57. The molecule has 1 aromatic heterocycles. The van der Waals surface area contributed by atoms with Gasteiger partial charge in [-0.1, -0.05) is 23.7 Å². The molecule has 0 radical (unpaired) electrons. The third-order valence-corrected chi connectivity index (χ3v) is 4.67. The highest BCUT2D eigenvalue weighted by molar-refractivity contribution is 7.13. The summed E-state index contributed by atoms with van der Waals surface area (Å²) in [7, 11) is 0. The first-order valence-electron chi connectivity index (χ1n) is 6.33. The van der Waals surface area contributed by atoms with Crippen LogP contribution in [-0.2, 0) is 6.42 Å². The van der Waals surface area contributed by atoms with E-state index in [1.807, 2.05) is 18.4 Å². The third-order valence-electron chi connectivity index (χ3n) is 2.98. The quantitative estimate of drug-likeness (QED) is 0.886. The minimum atomic E-state index is -0.957. The summed E-state index contributed by atoms with van der Waals surface area (Å²) in [5.74, 6) is -1.16. The van der Waals surface area contributed by atoms with Crippen LogP contribution in [0.15, 0.2) is 29.6 Å². The number of carbonyl (C=O) groups excluding carboxylic acids is 1. The number of carboxylic acids is 1. The fraction of sp³-hybridized carbons (Fsp3) is 0.200. The van der Waals surface area contributed by atoms with Crippen LogP contribution in [0.4, 0.5) is 0 Å². The summed E-state index contributed by atoms with van der Waals surface area (Å²) in [6, 6.07) is 6.68. The largest absolute Gasteiger partial charge is 0.478 e. The molecule has 6 heteroatoms. The maximum absolute atomic E-state index is 12.0. The summed E-state index contributed by atoms with van der Waals surface area (Å²) < 4.78 is 0. The molecule has 0 aliphatic carbocycles. The highest BCUT2D eigenvalue weighted by Gasteiger charge is 2.14. The maximum Gasteiger partial charge on any atom is 0.335 e. The van der Waals surface area contributed by atoms with Crippen molar-refractivity contribution in [3.05, 3.63) is 56.2 Å². The van der Waals surface area contributed by atoms with E-state index in [9.17, 15) is 9.59 Å². The summed E-state index contributed by atoms with van der Waals surface area (Å²) >= 11 is 7.35. The van der Waals surface area contributed by atoms with Gasteiger partial charge in [-0.25, -0.2) is 4.79 Å². The number of rotatable bonds is 5. The highest BCUT2D eigenvalue weighted by atomic mass is 35.5. The van der Waals surface area contributed by atoms with E-state index in [4.69, 9.17) is 16.7 Å². The Morgan fingerprint density at radius 3 is 2.76 bits per heavy atom. The van der Waals surface area contributed by atoms with E-state index in [2.05, 4.69) is 5.32 Å². The Kier molecular flexibility index (Phi) is 4.98. The van der Waals surface area contributed by atoms with Gasteiger partial charge in [0.1, 0.15) is 4.88 Å². The van der Waals surface area contributed by atoms with E-state index in [1.165, 1.54) is 11.3 Å². The number of benzene rings is 1. The van der Waals surface area contributed by atoms with Gasteiger partial charge in [0.2, 0.25) is 0 Å². The first-order valence-corrected chi connectivity index (χ1v) is 7.59. The topological polar surface area (TPSA) is 66.4 Å². The van der Waals surface area contributed by atoms with Crippen molar-refractivity contribution in [3.8, 4) is 0 Å². The summed E-state index contributed by atoms with van der Waals surface area (Å²) in [4.78, 5) is 23.3. The Balaban J connectivity index is 1.92. The summed E-state index contributed by atoms with van der Waals surface area (Å²) in [6.07, 6.45) is 0.564. The van der Waals surface area contributed by atoms with Crippen LogP contribution in [0.2, 0.25) is 5.02 Å². The van der Waals surface area contributed by atoms with Crippen LogP contribution in [0.3, 0.4) is 0 Å². The predicted molar refractivity (Wildman–Crippen MR) is 83.5 cm³/mol. The van der Waals surface area contributed by atoms with Crippen molar-refractivity contribution in [3.63, 3.8) is 0 Å². The van der Waals surface area contributed by atoms with E-state index >= 15 is 0 Å². The summed E-state index contributed by atoms with van der Waals surface area (Å²) in [5, 5.41) is 14.0. The summed E-state index contributed by atoms with van der Waals surface area (Å²) in [6.45, 7) is 2.28. The monoisotopic (exact) mass is 323 g/mol. The molecule has 0 aliphatic rings. The smallest absolute Gasteiger partial charge is 0.335 e. The minimum absolute atomic E-state index is 0.201. The Hall–Kier alpha value is -1.85. The normalized spacial score (nSPS) is 10.4. The van der Waals surface area contributed by atoms with Crippen molar-refractivity contribution in [2.75, 3.05) is 6.54 Å². The Bertz CT molecular complexity index is 681. The number of aryl methyl sites for hydroxylation is 1. The van der Waals surface area contributed by atoms with Gasteiger partial charge in [-0.3, -0.25) is 4.79 Å². The first-order chi connectivity index (χ1) is 9.99. The van der Waals surface area contributed by atoms with Gasteiger partial charge in [0.15, 0.2) is 0 Å². The zero-order valence-corrected chi connectivity index (χ0v) is 12.9. The number of nitrogens with one attached hydrogen (secondary N) is 1. The number of thiophene rings is 1. The molecule has 1 heterocycles. The van der Waals surface area contributed by atoms with Crippen molar-refractivity contribution in [1.82, 2.24) is 5.32 Å². The average molecular weight is 324 g/mol. The van der Waals surface area contributed by atoms with Crippen LogP contribution in [0, 0.1) is 6.92 Å². The van der Waals surface area contributed by atoms with E-state index in [0.717, 1.165) is 11.1 Å². The van der Waals surface area contributed by atoms with Gasteiger partial charge in [-0.05, 0) is 42.0 Å². The van der Waals surface area contributed by atoms with Gasteiger partial charge in [0, 0.05) is 6.54 Å². The molecule has 0 aliphatic heterocycles. The van der Waals surface area contributed by atoms with Crippen LogP contribution in [-0.4, -0.2) is 23.5 Å². The molecular weight excluding hydrogens is 310 g/mol. The van der Waals surface area contributed by atoms with Gasteiger partial charge < -0.3 is 10.4 Å². The molecule has 0 unspecified atom stereocenters. The molecule has 21 heavy (non-hydrogen) atoms. The van der Waals surface area contributed by atoms with Crippen molar-refractivity contribution >= 4 is 34.8 Å². The second-order valence-corrected chi connectivity index (χ2v) is 5.83. The Labute approximate surface area is 131 Å². The van der Waals surface area contributed by atoms with Gasteiger partial charge in [-0.2, -0.15) is 0 Å². The molecular formula is C15H14ClNO3S. The molecule has 1 aromatic carbocycles. The summed E-state index contributed by atoms with van der Waals surface area (Å²) in [5.41, 5.74) is 2.00. The van der Waals surface area contributed by atoms with Gasteiger partial charge in [0.05, 0.1) is 10.6 Å². The lowest BCUT2D eigenvalue weighted by Gasteiger charge is -2.05. The molecule has 0 saturated heterocycles. The molecule has 4 nitrogen and oxygen atoms in total. The zero-order chi connectivity index (χ0) is 15.4. The predicted octanol–water partition coefficient (Wildman–Crippen LogP) is 3.38. The van der Waals surface area contributed by atoms with Gasteiger partial charge >= 0.3 is 5.97 Å². The molecule has 110 valence electrons. The fourth-order valence-corrected chi connectivity index (χ4v) is 3.04. The number of hydrogen-bond donors (Lipinski definition) is 2. The number of carboxylic acid groups (broad SMARTS) is 1. The Morgan fingerprint density at radius 1 is 1.38 bits per heavy atom. The number of carbonyl (C=O) groups is 2. The van der Waals surface area contributed by atoms with Gasteiger partial charge in [-0.15, -0.1) is 11.3 Å². The van der Waals surface area contributed by atoms with Crippen molar-refractivity contribution in [1.29, 1.82) is 0 Å². The van der Waals surface area contributed by atoms with Crippen LogP contribution in [0.25, 0.3) is 0 Å². The lowest BCUT2D eigenvalue weighted by Crippen LogP contribution is -2.25. The molecule has 2 N–H and O–H groups in total. The molecule has 0 spiro atoms. The molecule has 0 fully saturated rings. The lowest BCUT2D eigenvalue weighted by molar-refractivity contribution is 0.0696. The first kappa shape index (κ1) is 15.5. The van der Waals surface area contributed by atoms with Crippen LogP contribution in [0.1, 0.15) is 31.2 Å². The molecule has 2 aromatic rings. The molecule has 0 saturated carbocycles. The van der Waals surface area contributed by atoms with Crippen molar-refractivity contribution < 1.29 is 14.7 Å². The minimum Gasteiger partial charge on any atom is -0.478 e. The zero-order valence-electron chi connectivity index (χ0n) is 11.4. The van der Waals surface area contributed by atoms with E-state index in [0.29, 0.717) is 22.9 Å². The van der Waals surface area contributed by atoms with E-state index < -0.39 is 5.97 Å². The number of hydrogen-bond acceptors (Lipinski definition) is 3. The average Bonchev–Trinajstić information content (AvgIpc) is 2.79. The standard InChI is InChI=1S/C15H14ClNO3S/c1-9-8-21-13(12(9)16)14(18)17-6-5-10-3-2-4-11(7-10)15(19)20/h2-4,7-8H,5-6H2,1H3,(H,17,18)(H,19,20). The maximum atomic E-state index is 12.0. The Morgan fingerprint density at radius 2 is 2.14 bits per heavy atom. The van der Waals surface area contributed by atoms with Crippen LogP contribution in [0.5, 0.6) is 0 Å². The number of aromatic carboxylic acids is 1. The molecule has 0 bridgehead atoms. The van der Waals surface area contributed by atoms with Crippen LogP contribution < -0.4 is 5.32 Å². The third kappa shape index (κ3) is 3.83. The number of amides is 1. The van der Waals surface area contributed by atoms with E-state index in [-0.39, 0.29) is 11.5 Å². The number of halogens is 1. The van der Waals surface area contributed by atoms with Crippen LogP contribution >= 0.6 is 22.9 Å². The SMILES string of the molecule is Cc1csc(C(=O)NCCc2cccc(C(=O)O)c2)c1Cl. The molecule has 1 amide bonds. The fourth-order valence-electron chi connectivity index (χ4n) is 1.84. The highest BCUT2D eigenvalue weighted by Crippen LogP contribution is 2.26. The van der Waals surface area contributed by atoms with Crippen molar-refractivity contribution in [2.45, 2.75) is 13.3 Å². The lowest BCUT2D eigenvalue weighted by atomic mass is 10.1. The molecule has 2 rings (SSSR count). The molecule has 0 atom stereocenters.